The highest BCUT2D eigenvalue weighted by Crippen LogP contribution is 1.84. The molecule has 0 N–H and O–H groups in total. The molecule has 0 radical (unpaired) electrons. The smallest absolute Gasteiger partial charge is 0.248 e. The van der Waals surface area contributed by atoms with Crippen LogP contribution >= 0.6 is 0 Å². The predicted octanol–water partition coefficient (Wildman–Crippen LogP) is -1.71. The lowest BCUT2D eigenvalue weighted by atomic mass is 10.7. The minimum absolute atomic E-state index is 0. The molecule has 62 valence electrons. The molecule has 0 unspecified atom stereocenters. The first-order valence-electron chi connectivity index (χ1n) is 3.56. The van der Waals surface area contributed by atoms with Crippen LogP contribution in [0.3, 0.4) is 0 Å². The SMILES string of the molecule is CC=Cn1cc[n+](CC)c1.[Br-]. The van der Waals surface area contributed by atoms with E-state index in [0.29, 0.717) is 0 Å². The molecule has 0 bridgehead atoms. The number of hydrogen-bond donors (Lipinski definition) is 0. The van der Waals surface area contributed by atoms with Crippen LogP contribution in [0.25, 0.3) is 6.20 Å². The summed E-state index contributed by atoms with van der Waals surface area (Å²) in [5.74, 6) is 0. The van der Waals surface area contributed by atoms with E-state index in [4.69, 9.17) is 0 Å². The van der Waals surface area contributed by atoms with Gasteiger partial charge in [-0.25, -0.2) is 9.13 Å². The van der Waals surface area contributed by atoms with E-state index < -0.39 is 0 Å². The van der Waals surface area contributed by atoms with Crippen LogP contribution in [0.2, 0.25) is 0 Å². The zero-order chi connectivity index (χ0) is 7.40. The predicted molar refractivity (Wildman–Crippen MR) is 41.3 cm³/mol. The fraction of sp³-hybridized carbons (Fsp3) is 0.375. The van der Waals surface area contributed by atoms with Gasteiger partial charge >= 0.3 is 0 Å². The third-order valence-corrected chi connectivity index (χ3v) is 1.40. The van der Waals surface area contributed by atoms with Crippen molar-refractivity contribution in [1.82, 2.24) is 4.57 Å². The summed E-state index contributed by atoms with van der Waals surface area (Å²) in [5, 5.41) is 0. The summed E-state index contributed by atoms with van der Waals surface area (Å²) in [4.78, 5) is 0. The fourth-order valence-corrected chi connectivity index (χ4v) is 0.858. The summed E-state index contributed by atoms with van der Waals surface area (Å²) >= 11 is 0. The van der Waals surface area contributed by atoms with Gasteiger partial charge in [-0.1, -0.05) is 0 Å². The Hall–Kier alpha value is -0.570. The van der Waals surface area contributed by atoms with Crippen molar-refractivity contribution in [3.63, 3.8) is 0 Å². The Balaban J connectivity index is 0.000001000. The van der Waals surface area contributed by atoms with Crippen LogP contribution in [0.1, 0.15) is 13.8 Å². The van der Waals surface area contributed by atoms with Crippen molar-refractivity contribution in [3.8, 4) is 0 Å². The van der Waals surface area contributed by atoms with Gasteiger partial charge in [-0.3, -0.25) is 0 Å². The molecule has 0 aliphatic rings. The summed E-state index contributed by atoms with van der Waals surface area (Å²) in [6.45, 7) is 5.17. The summed E-state index contributed by atoms with van der Waals surface area (Å²) in [6.07, 6.45) is 10.2. The molecule has 0 saturated heterocycles. The molecule has 0 amide bonds. The molecule has 1 aromatic rings. The maximum Gasteiger partial charge on any atom is 0.248 e. The number of hydrogen-bond acceptors (Lipinski definition) is 0. The van der Waals surface area contributed by atoms with Gasteiger partial charge in [-0.05, 0) is 19.9 Å². The lowest BCUT2D eigenvalue weighted by Crippen LogP contribution is -3.00. The Labute approximate surface area is 77.9 Å². The summed E-state index contributed by atoms with van der Waals surface area (Å²) in [7, 11) is 0. The maximum atomic E-state index is 2.12. The van der Waals surface area contributed by atoms with Gasteiger partial charge in [0.25, 0.3) is 0 Å². The van der Waals surface area contributed by atoms with Crippen molar-refractivity contribution in [1.29, 1.82) is 0 Å². The molecule has 0 aromatic carbocycles. The highest BCUT2D eigenvalue weighted by Gasteiger charge is 1.95. The molecular weight excluding hydrogens is 204 g/mol. The molecular formula is C8H13BrN2. The first-order chi connectivity index (χ1) is 4.86. The van der Waals surface area contributed by atoms with E-state index in [-0.39, 0.29) is 17.0 Å². The van der Waals surface area contributed by atoms with Crippen LogP contribution in [0.4, 0.5) is 0 Å². The zero-order valence-corrected chi connectivity index (χ0v) is 8.45. The molecule has 11 heavy (non-hydrogen) atoms. The summed E-state index contributed by atoms with van der Waals surface area (Å²) in [5.41, 5.74) is 0. The first kappa shape index (κ1) is 10.4. The Morgan fingerprint density at radius 2 is 2.27 bits per heavy atom. The second-order valence-corrected chi connectivity index (χ2v) is 2.17. The highest BCUT2D eigenvalue weighted by atomic mass is 79.9. The maximum absolute atomic E-state index is 2.12. The van der Waals surface area contributed by atoms with Gasteiger partial charge in [-0.2, -0.15) is 0 Å². The van der Waals surface area contributed by atoms with E-state index in [1.807, 2.05) is 30.0 Å². The van der Waals surface area contributed by atoms with E-state index in [0.717, 1.165) is 6.54 Å². The molecule has 0 saturated carbocycles. The molecule has 1 rings (SSSR count). The summed E-state index contributed by atoms with van der Waals surface area (Å²) in [6, 6.07) is 0. The second-order valence-electron chi connectivity index (χ2n) is 2.17. The molecule has 1 heterocycles. The van der Waals surface area contributed by atoms with Gasteiger partial charge in [-0.15, -0.1) is 0 Å². The van der Waals surface area contributed by atoms with Crippen LogP contribution in [0.15, 0.2) is 24.8 Å². The van der Waals surface area contributed by atoms with E-state index in [1.165, 1.54) is 0 Å². The average molecular weight is 217 g/mol. The molecule has 2 nitrogen and oxygen atoms in total. The van der Waals surface area contributed by atoms with Crippen LogP contribution < -0.4 is 21.5 Å². The van der Waals surface area contributed by atoms with Crippen LogP contribution in [0, 0.1) is 0 Å². The van der Waals surface area contributed by atoms with Gasteiger partial charge in [0.15, 0.2) is 0 Å². The molecule has 3 heteroatoms. The van der Waals surface area contributed by atoms with Crippen molar-refractivity contribution in [3.05, 3.63) is 24.8 Å². The Kier molecular flexibility index (Phi) is 4.86. The molecule has 0 spiro atoms. The monoisotopic (exact) mass is 216 g/mol. The minimum Gasteiger partial charge on any atom is -1.00 e. The number of imidazole rings is 1. The van der Waals surface area contributed by atoms with E-state index >= 15 is 0 Å². The lowest BCUT2D eigenvalue weighted by molar-refractivity contribution is -0.692. The minimum atomic E-state index is 0. The van der Waals surface area contributed by atoms with Gasteiger partial charge in [0.05, 0.1) is 12.7 Å². The molecule has 0 aliphatic heterocycles. The summed E-state index contributed by atoms with van der Waals surface area (Å²) < 4.78 is 4.16. The Bertz CT molecular complexity index is 228. The third-order valence-electron chi connectivity index (χ3n) is 1.40. The molecule has 0 atom stereocenters. The van der Waals surface area contributed by atoms with Crippen molar-refractivity contribution in [2.24, 2.45) is 0 Å². The standard InChI is InChI=1S/C8H13N2.BrH/c1-3-5-10-7-6-9(4-2)8-10;/h3,5-8H,4H2,1-2H3;1H/q+1;/p-1. The number of allylic oxidation sites excluding steroid dienone is 1. The quantitative estimate of drug-likeness (QED) is 0.522. The van der Waals surface area contributed by atoms with E-state index in [9.17, 15) is 0 Å². The largest absolute Gasteiger partial charge is 1.00 e. The second kappa shape index (κ2) is 5.13. The van der Waals surface area contributed by atoms with Crippen molar-refractivity contribution in [2.75, 3.05) is 0 Å². The number of aromatic nitrogens is 2. The van der Waals surface area contributed by atoms with Crippen LogP contribution in [0.5, 0.6) is 0 Å². The topological polar surface area (TPSA) is 8.81 Å². The normalized spacial score (nSPS) is 10.0. The van der Waals surface area contributed by atoms with Crippen LogP contribution in [-0.4, -0.2) is 4.57 Å². The number of nitrogens with zero attached hydrogens (tertiary/aromatic N) is 2. The lowest BCUT2D eigenvalue weighted by Gasteiger charge is -1.82. The van der Waals surface area contributed by atoms with Crippen molar-refractivity contribution < 1.29 is 21.5 Å². The molecule has 0 aliphatic carbocycles. The van der Waals surface area contributed by atoms with Crippen molar-refractivity contribution in [2.45, 2.75) is 20.4 Å². The van der Waals surface area contributed by atoms with Gasteiger partial charge in [0.2, 0.25) is 6.33 Å². The third kappa shape index (κ3) is 2.89. The van der Waals surface area contributed by atoms with Crippen LogP contribution in [-0.2, 0) is 6.54 Å². The zero-order valence-electron chi connectivity index (χ0n) is 6.87. The van der Waals surface area contributed by atoms with E-state index in [1.54, 1.807) is 0 Å². The van der Waals surface area contributed by atoms with Crippen molar-refractivity contribution >= 4 is 6.20 Å². The van der Waals surface area contributed by atoms with E-state index in [2.05, 4.69) is 24.0 Å². The highest BCUT2D eigenvalue weighted by molar-refractivity contribution is 5.18. The number of halogens is 1. The molecule has 0 fully saturated rings. The fourth-order valence-electron chi connectivity index (χ4n) is 0.858. The molecule has 1 aromatic heterocycles. The Morgan fingerprint density at radius 1 is 1.55 bits per heavy atom. The Morgan fingerprint density at radius 3 is 2.73 bits per heavy atom. The first-order valence-corrected chi connectivity index (χ1v) is 3.56. The van der Waals surface area contributed by atoms with Gasteiger partial charge < -0.3 is 17.0 Å². The van der Waals surface area contributed by atoms with Gasteiger partial charge in [0.1, 0.15) is 12.4 Å². The number of rotatable bonds is 2. The average Bonchev–Trinajstić information content (AvgIpc) is 2.37. The van der Waals surface area contributed by atoms with Gasteiger partial charge in [0, 0.05) is 0 Å². The number of aryl methyl sites for hydroxylation is 1.